The maximum absolute atomic E-state index is 11.3. The molecular formula is C19H19NO3. The molecule has 2 aromatic rings. The maximum Gasteiger partial charge on any atom is 0.405 e. The van der Waals surface area contributed by atoms with Gasteiger partial charge in [-0.15, -0.1) is 0 Å². The molecule has 1 unspecified atom stereocenters. The van der Waals surface area contributed by atoms with Gasteiger partial charge in [0.2, 0.25) is 0 Å². The molecule has 0 saturated heterocycles. The molecule has 1 aliphatic carbocycles. The van der Waals surface area contributed by atoms with Crippen molar-refractivity contribution in [3.05, 3.63) is 59.2 Å². The lowest BCUT2D eigenvalue weighted by atomic mass is 9.98. The number of fused-ring (bicyclic) bond motifs is 1. The molecule has 23 heavy (non-hydrogen) atoms. The molecule has 4 nitrogen and oxygen atoms in total. The predicted molar refractivity (Wildman–Crippen MR) is 88.5 cm³/mol. The first-order valence-corrected chi connectivity index (χ1v) is 7.59. The summed E-state index contributed by atoms with van der Waals surface area (Å²) in [4.78, 5) is 22.3. The summed E-state index contributed by atoms with van der Waals surface area (Å²) in [6, 6.07) is 13.9. The third-order valence-electron chi connectivity index (χ3n) is 4.22. The molecule has 1 atom stereocenters. The Morgan fingerprint density at radius 3 is 2.48 bits per heavy atom. The molecule has 2 N–H and O–H groups in total. The Morgan fingerprint density at radius 2 is 1.87 bits per heavy atom. The minimum Gasteiger partial charge on any atom is -0.444 e. The molecule has 2 aromatic carbocycles. The van der Waals surface area contributed by atoms with E-state index in [1.165, 1.54) is 5.56 Å². The van der Waals surface area contributed by atoms with Crippen molar-refractivity contribution >= 4 is 12.4 Å². The molecule has 0 bridgehead atoms. The molecule has 0 heterocycles. The number of rotatable bonds is 5. The van der Waals surface area contributed by atoms with Crippen molar-refractivity contribution in [3.8, 4) is 11.1 Å². The summed E-state index contributed by atoms with van der Waals surface area (Å²) >= 11 is 0. The number of aldehydes is 1. The van der Waals surface area contributed by atoms with E-state index in [0.717, 1.165) is 23.0 Å². The van der Waals surface area contributed by atoms with E-state index in [1.54, 1.807) is 0 Å². The quantitative estimate of drug-likeness (QED) is 0.852. The van der Waals surface area contributed by atoms with Gasteiger partial charge in [-0.2, -0.15) is 0 Å². The second kappa shape index (κ2) is 5.54. The number of ether oxygens (including phenoxy) is 1. The van der Waals surface area contributed by atoms with Gasteiger partial charge in [0.05, 0.1) is 0 Å². The Morgan fingerprint density at radius 1 is 1.17 bits per heavy atom. The van der Waals surface area contributed by atoms with Crippen LogP contribution in [0.2, 0.25) is 0 Å². The van der Waals surface area contributed by atoms with Gasteiger partial charge in [-0.1, -0.05) is 42.5 Å². The third-order valence-corrected chi connectivity index (χ3v) is 4.22. The van der Waals surface area contributed by atoms with Gasteiger partial charge in [-0.3, -0.25) is 4.79 Å². The number of primary amides is 1. The van der Waals surface area contributed by atoms with Gasteiger partial charge in [-0.25, -0.2) is 4.79 Å². The number of nitrogens with two attached hydrogens (primary N) is 1. The number of carbonyl (C=O) groups is 2. The first-order valence-electron chi connectivity index (χ1n) is 7.59. The first kappa shape index (κ1) is 15.3. The van der Waals surface area contributed by atoms with Gasteiger partial charge in [-0.05, 0) is 42.5 Å². The van der Waals surface area contributed by atoms with Crippen molar-refractivity contribution in [2.24, 2.45) is 5.73 Å². The molecule has 0 aromatic heterocycles. The smallest absolute Gasteiger partial charge is 0.405 e. The first-order chi connectivity index (χ1) is 10.9. The molecule has 1 amide bonds. The van der Waals surface area contributed by atoms with Crippen molar-refractivity contribution in [3.63, 3.8) is 0 Å². The van der Waals surface area contributed by atoms with Crippen LogP contribution in [-0.4, -0.2) is 18.0 Å². The van der Waals surface area contributed by atoms with Crippen molar-refractivity contribution in [1.29, 1.82) is 0 Å². The fraction of sp³-hybridized carbons (Fsp3) is 0.263. The van der Waals surface area contributed by atoms with Gasteiger partial charge < -0.3 is 10.5 Å². The van der Waals surface area contributed by atoms with Gasteiger partial charge in [0.25, 0.3) is 0 Å². The third kappa shape index (κ3) is 2.97. The zero-order valence-electron chi connectivity index (χ0n) is 13.2. The standard InChI is InChI=1S/C19H19NO3/c1-19(2,23-18(20)22)10-15-16-13(11-21)8-9-14(17(15)16)12-6-4-3-5-7-12/h3-9,11,15H,10H2,1-2H3,(H2,20,22). The highest BCUT2D eigenvalue weighted by molar-refractivity contribution is 5.88. The molecule has 0 saturated carbocycles. The fourth-order valence-electron chi connectivity index (χ4n) is 3.29. The number of amides is 1. The van der Waals surface area contributed by atoms with Crippen LogP contribution < -0.4 is 5.73 Å². The number of hydrogen-bond donors (Lipinski definition) is 1. The van der Waals surface area contributed by atoms with Crippen LogP contribution >= 0.6 is 0 Å². The highest BCUT2D eigenvalue weighted by Crippen LogP contribution is 2.54. The zero-order valence-corrected chi connectivity index (χ0v) is 13.2. The summed E-state index contributed by atoms with van der Waals surface area (Å²) in [6.45, 7) is 3.67. The molecule has 1 aliphatic rings. The van der Waals surface area contributed by atoms with E-state index in [0.29, 0.717) is 12.0 Å². The Kier molecular flexibility index (Phi) is 3.68. The van der Waals surface area contributed by atoms with Crippen molar-refractivity contribution in [2.75, 3.05) is 0 Å². The molecule has 3 rings (SSSR count). The fourth-order valence-corrected chi connectivity index (χ4v) is 3.29. The van der Waals surface area contributed by atoms with E-state index in [1.807, 2.05) is 44.2 Å². The van der Waals surface area contributed by atoms with E-state index < -0.39 is 11.7 Å². The van der Waals surface area contributed by atoms with Crippen molar-refractivity contribution in [2.45, 2.75) is 31.8 Å². The molecule has 0 fully saturated rings. The minimum atomic E-state index is -0.779. The highest BCUT2D eigenvalue weighted by atomic mass is 16.6. The SMILES string of the molecule is CC(C)(CC1c2c(C=O)ccc(-c3ccccc3)c21)OC(N)=O. The van der Waals surface area contributed by atoms with Crippen LogP contribution in [-0.2, 0) is 4.74 Å². The van der Waals surface area contributed by atoms with Crippen molar-refractivity contribution < 1.29 is 14.3 Å². The summed E-state index contributed by atoms with van der Waals surface area (Å²) in [6.07, 6.45) is 0.713. The van der Waals surface area contributed by atoms with E-state index >= 15 is 0 Å². The Balaban J connectivity index is 1.94. The molecule has 0 aliphatic heterocycles. The van der Waals surface area contributed by atoms with E-state index in [-0.39, 0.29) is 5.92 Å². The molecule has 0 spiro atoms. The van der Waals surface area contributed by atoms with E-state index in [4.69, 9.17) is 10.5 Å². The van der Waals surface area contributed by atoms with Gasteiger partial charge in [0.15, 0.2) is 0 Å². The van der Waals surface area contributed by atoms with E-state index in [2.05, 4.69) is 12.1 Å². The summed E-state index contributed by atoms with van der Waals surface area (Å²) in [7, 11) is 0. The predicted octanol–water partition coefficient (Wildman–Crippen LogP) is 3.88. The van der Waals surface area contributed by atoms with E-state index in [9.17, 15) is 9.59 Å². The second-order valence-corrected chi connectivity index (χ2v) is 6.45. The average Bonchev–Trinajstić information content (AvgIpc) is 3.19. The van der Waals surface area contributed by atoms with Crippen LogP contribution in [0.3, 0.4) is 0 Å². The van der Waals surface area contributed by atoms with Crippen LogP contribution in [0.15, 0.2) is 42.5 Å². The Bertz CT molecular complexity index is 766. The molecule has 0 radical (unpaired) electrons. The summed E-state index contributed by atoms with van der Waals surface area (Å²) in [5, 5.41) is 0. The van der Waals surface area contributed by atoms with Gasteiger partial charge in [0.1, 0.15) is 11.9 Å². The Hall–Kier alpha value is -2.62. The number of benzene rings is 2. The zero-order chi connectivity index (χ0) is 16.6. The normalized spacial score (nSPS) is 15.7. The van der Waals surface area contributed by atoms with Crippen LogP contribution in [0.5, 0.6) is 0 Å². The lowest BCUT2D eigenvalue weighted by molar-refractivity contribution is 0.0386. The lowest BCUT2D eigenvalue weighted by Crippen LogP contribution is -2.31. The summed E-state index contributed by atoms with van der Waals surface area (Å²) < 4.78 is 5.19. The van der Waals surface area contributed by atoms with Crippen LogP contribution in [0.4, 0.5) is 4.79 Å². The highest BCUT2D eigenvalue weighted by Gasteiger charge is 2.42. The number of hydrogen-bond acceptors (Lipinski definition) is 3. The van der Waals surface area contributed by atoms with Crippen LogP contribution in [0.25, 0.3) is 11.1 Å². The monoisotopic (exact) mass is 309 g/mol. The average molecular weight is 309 g/mol. The molecule has 118 valence electrons. The maximum atomic E-state index is 11.3. The lowest BCUT2D eigenvalue weighted by Gasteiger charge is -2.23. The summed E-state index contributed by atoms with van der Waals surface area (Å²) in [5.74, 6) is 0.120. The summed E-state index contributed by atoms with van der Waals surface area (Å²) in [5.41, 5.74) is 9.65. The topological polar surface area (TPSA) is 69.4 Å². The van der Waals surface area contributed by atoms with Crippen molar-refractivity contribution in [1.82, 2.24) is 0 Å². The minimum absolute atomic E-state index is 0.120. The molecule has 4 heteroatoms. The van der Waals surface area contributed by atoms with Gasteiger partial charge in [0, 0.05) is 11.5 Å². The van der Waals surface area contributed by atoms with Gasteiger partial charge >= 0.3 is 6.09 Å². The number of carbonyl (C=O) groups excluding carboxylic acids is 2. The second-order valence-electron chi connectivity index (χ2n) is 6.45. The van der Waals surface area contributed by atoms with Crippen LogP contribution in [0, 0.1) is 0 Å². The largest absolute Gasteiger partial charge is 0.444 e. The Labute approximate surface area is 135 Å². The molecular weight excluding hydrogens is 290 g/mol. The van der Waals surface area contributed by atoms with Crippen LogP contribution in [0.1, 0.15) is 47.7 Å².